The minimum Gasteiger partial charge on any atom is -0.357 e. The molecule has 2 aromatic rings. The van der Waals surface area contributed by atoms with Gasteiger partial charge in [-0.1, -0.05) is 12.1 Å². The van der Waals surface area contributed by atoms with Crippen LogP contribution in [0.4, 0.5) is 13.2 Å². The number of hydrogen-bond donors (Lipinski definition) is 3. The molecule has 0 aliphatic heterocycles. The van der Waals surface area contributed by atoms with Crippen LogP contribution in [0.5, 0.6) is 0 Å². The third kappa shape index (κ3) is 6.52. The van der Waals surface area contributed by atoms with E-state index in [0.717, 1.165) is 22.3 Å². The summed E-state index contributed by atoms with van der Waals surface area (Å²) in [6, 6.07) is 7.30. The van der Waals surface area contributed by atoms with E-state index in [0.29, 0.717) is 36.0 Å². The summed E-state index contributed by atoms with van der Waals surface area (Å²) in [7, 11) is 1.58. The monoisotopic (exact) mass is 413 g/mol. The molecule has 1 amide bonds. The van der Waals surface area contributed by atoms with Crippen LogP contribution in [0.25, 0.3) is 0 Å². The largest absolute Gasteiger partial charge is 0.434 e. The van der Waals surface area contributed by atoms with Crippen LogP contribution in [-0.2, 0) is 19.1 Å². The van der Waals surface area contributed by atoms with Crippen LogP contribution in [0.15, 0.2) is 34.6 Å². The van der Waals surface area contributed by atoms with Crippen LogP contribution in [-0.4, -0.2) is 37.0 Å². The van der Waals surface area contributed by atoms with Crippen LogP contribution in [0, 0.1) is 0 Å². The van der Waals surface area contributed by atoms with Crippen LogP contribution in [0.1, 0.15) is 33.5 Å². The van der Waals surface area contributed by atoms with Gasteiger partial charge >= 0.3 is 6.18 Å². The molecule has 1 heterocycles. The van der Waals surface area contributed by atoms with Gasteiger partial charge in [0.1, 0.15) is 5.01 Å². The number of carbonyl (C=O) groups excluding carboxylic acids is 1. The fraction of sp³-hybridized carbons (Fsp3) is 0.389. The Morgan fingerprint density at radius 2 is 2.07 bits per heavy atom. The molecule has 0 saturated heterocycles. The minimum absolute atomic E-state index is 0.0578. The molecule has 6 nitrogen and oxygen atoms in total. The zero-order chi connectivity index (χ0) is 20.6. The first-order valence-corrected chi connectivity index (χ1v) is 9.56. The van der Waals surface area contributed by atoms with Crippen LogP contribution >= 0.6 is 11.3 Å². The van der Waals surface area contributed by atoms with Gasteiger partial charge in [-0.3, -0.25) is 4.79 Å². The molecule has 0 radical (unpaired) electrons. The number of rotatable bonds is 7. The Balaban J connectivity index is 1.93. The van der Waals surface area contributed by atoms with Crippen molar-refractivity contribution in [2.75, 3.05) is 20.1 Å². The predicted octanol–water partition coefficient (Wildman–Crippen LogP) is 2.82. The second kappa shape index (κ2) is 10.1. The van der Waals surface area contributed by atoms with Gasteiger partial charge in [-0.15, -0.1) is 11.3 Å². The van der Waals surface area contributed by atoms with Crippen molar-refractivity contribution in [2.45, 2.75) is 26.1 Å². The van der Waals surface area contributed by atoms with Crippen molar-refractivity contribution < 1.29 is 18.0 Å². The number of aliphatic imine (C=N–C) groups is 1. The second-order valence-corrected chi connectivity index (χ2v) is 6.72. The standard InChI is InChI=1S/C18H22F3N5OS/c1-3-23-17(25-10-15-26-14(11-28-15)18(19,20)21)24-8-7-12-5-4-6-13(9-12)16(27)22-2/h4-6,9,11H,3,7-8,10H2,1-2H3,(H,22,27)(H2,23,24,25). The summed E-state index contributed by atoms with van der Waals surface area (Å²) in [6.45, 7) is 3.12. The first-order chi connectivity index (χ1) is 13.3. The fourth-order valence-electron chi connectivity index (χ4n) is 2.34. The molecular weight excluding hydrogens is 391 g/mol. The lowest BCUT2D eigenvalue weighted by Gasteiger charge is -2.11. The Hall–Kier alpha value is -2.62. The van der Waals surface area contributed by atoms with E-state index in [1.165, 1.54) is 0 Å². The number of nitrogens with zero attached hydrogens (tertiary/aromatic N) is 2. The Morgan fingerprint density at radius 3 is 2.71 bits per heavy atom. The molecule has 0 aliphatic carbocycles. The number of aromatic nitrogens is 1. The summed E-state index contributed by atoms with van der Waals surface area (Å²) < 4.78 is 37.8. The number of thiazole rings is 1. The van der Waals surface area contributed by atoms with Gasteiger partial charge in [-0.05, 0) is 31.0 Å². The number of carbonyl (C=O) groups is 1. The first kappa shape index (κ1) is 21.7. The molecule has 0 fully saturated rings. The molecule has 10 heteroatoms. The number of nitrogens with one attached hydrogen (secondary N) is 3. The average molecular weight is 413 g/mol. The zero-order valence-electron chi connectivity index (χ0n) is 15.6. The molecule has 152 valence electrons. The second-order valence-electron chi connectivity index (χ2n) is 5.78. The highest BCUT2D eigenvalue weighted by molar-refractivity contribution is 7.09. The van der Waals surface area contributed by atoms with Crippen LogP contribution < -0.4 is 16.0 Å². The molecule has 1 aromatic heterocycles. The van der Waals surface area contributed by atoms with E-state index >= 15 is 0 Å². The molecular formula is C18H22F3N5OS. The van der Waals surface area contributed by atoms with Crippen molar-refractivity contribution >= 4 is 23.2 Å². The molecule has 0 atom stereocenters. The zero-order valence-corrected chi connectivity index (χ0v) is 16.4. The van der Waals surface area contributed by atoms with E-state index in [9.17, 15) is 18.0 Å². The van der Waals surface area contributed by atoms with Gasteiger partial charge in [0.15, 0.2) is 11.7 Å². The molecule has 0 unspecified atom stereocenters. The van der Waals surface area contributed by atoms with Crippen molar-refractivity contribution in [3.63, 3.8) is 0 Å². The van der Waals surface area contributed by atoms with Crippen LogP contribution in [0.3, 0.4) is 0 Å². The van der Waals surface area contributed by atoms with E-state index in [1.807, 2.05) is 25.1 Å². The maximum absolute atomic E-state index is 12.6. The lowest BCUT2D eigenvalue weighted by molar-refractivity contribution is -0.140. The number of hydrogen-bond acceptors (Lipinski definition) is 4. The van der Waals surface area contributed by atoms with E-state index in [4.69, 9.17) is 0 Å². The average Bonchev–Trinajstić information content (AvgIpc) is 3.15. The Kier molecular flexibility index (Phi) is 7.80. The van der Waals surface area contributed by atoms with Crippen molar-refractivity contribution in [3.05, 3.63) is 51.5 Å². The Bertz CT molecular complexity index is 820. The topological polar surface area (TPSA) is 78.4 Å². The quantitative estimate of drug-likeness (QED) is 0.482. The summed E-state index contributed by atoms with van der Waals surface area (Å²) in [5.74, 6) is 0.347. The lowest BCUT2D eigenvalue weighted by atomic mass is 10.1. The van der Waals surface area contributed by atoms with E-state index in [1.54, 1.807) is 13.1 Å². The molecule has 0 saturated carbocycles. The third-order valence-electron chi connectivity index (χ3n) is 3.68. The number of benzene rings is 1. The smallest absolute Gasteiger partial charge is 0.357 e. The predicted molar refractivity (Wildman–Crippen MR) is 103 cm³/mol. The van der Waals surface area contributed by atoms with Crippen LogP contribution in [0.2, 0.25) is 0 Å². The minimum atomic E-state index is -4.44. The molecule has 2 rings (SSSR count). The summed E-state index contributed by atoms with van der Waals surface area (Å²) >= 11 is 0.932. The van der Waals surface area contributed by atoms with Crippen molar-refractivity contribution in [3.8, 4) is 0 Å². The Labute approximate surface area is 165 Å². The molecule has 0 bridgehead atoms. The van der Waals surface area contributed by atoms with Gasteiger partial charge in [0.05, 0.1) is 6.54 Å². The summed E-state index contributed by atoms with van der Waals surface area (Å²) in [5, 5.41) is 10.0. The lowest BCUT2D eigenvalue weighted by Crippen LogP contribution is -2.38. The highest BCUT2D eigenvalue weighted by Gasteiger charge is 2.33. The third-order valence-corrected chi connectivity index (χ3v) is 4.51. The van der Waals surface area contributed by atoms with Crippen molar-refractivity contribution in [1.82, 2.24) is 20.9 Å². The summed E-state index contributed by atoms with van der Waals surface area (Å²) in [5.41, 5.74) is 0.681. The highest BCUT2D eigenvalue weighted by Crippen LogP contribution is 2.30. The first-order valence-electron chi connectivity index (χ1n) is 8.68. The maximum Gasteiger partial charge on any atom is 0.434 e. The van der Waals surface area contributed by atoms with Gasteiger partial charge in [0, 0.05) is 31.1 Å². The molecule has 0 spiro atoms. The molecule has 28 heavy (non-hydrogen) atoms. The van der Waals surface area contributed by atoms with Crippen molar-refractivity contribution in [1.29, 1.82) is 0 Å². The molecule has 3 N–H and O–H groups in total. The SMILES string of the molecule is CCNC(=NCc1nc(C(F)(F)F)cs1)NCCc1cccc(C(=O)NC)c1. The maximum atomic E-state index is 12.6. The molecule has 0 aliphatic rings. The van der Waals surface area contributed by atoms with E-state index < -0.39 is 11.9 Å². The normalized spacial score (nSPS) is 12.0. The van der Waals surface area contributed by atoms with Gasteiger partial charge in [-0.2, -0.15) is 13.2 Å². The summed E-state index contributed by atoms with van der Waals surface area (Å²) in [6.07, 6.45) is -3.78. The van der Waals surface area contributed by atoms with Gasteiger partial charge < -0.3 is 16.0 Å². The summed E-state index contributed by atoms with van der Waals surface area (Å²) in [4.78, 5) is 19.5. The van der Waals surface area contributed by atoms with E-state index in [-0.39, 0.29) is 12.5 Å². The number of halogens is 3. The van der Waals surface area contributed by atoms with Gasteiger partial charge in [-0.25, -0.2) is 9.98 Å². The van der Waals surface area contributed by atoms with Gasteiger partial charge in [0.2, 0.25) is 0 Å². The Morgan fingerprint density at radius 1 is 1.29 bits per heavy atom. The van der Waals surface area contributed by atoms with Crippen molar-refractivity contribution in [2.24, 2.45) is 4.99 Å². The van der Waals surface area contributed by atoms with E-state index in [2.05, 4.69) is 25.9 Å². The highest BCUT2D eigenvalue weighted by atomic mass is 32.1. The number of guanidine groups is 1. The number of alkyl halides is 3. The fourth-order valence-corrected chi connectivity index (χ4v) is 3.06. The number of amides is 1. The molecule has 1 aromatic carbocycles. The van der Waals surface area contributed by atoms with Gasteiger partial charge in [0.25, 0.3) is 5.91 Å².